The van der Waals surface area contributed by atoms with E-state index < -0.39 is 0 Å². The molecule has 0 atom stereocenters. The lowest BCUT2D eigenvalue weighted by Crippen LogP contribution is -2.00. The zero-order valence-electron chi connectivity index (χ0n) is 27.8. The average molecular weight is 685 g/mol. The third-order valence-corrected chi connectivity index (χ3v) is 10.5. The Morgan fingerprint density at radius 2 is 0.981 bits per heavy atom. The number of nitrogens with zero attached hydrogens (tertiary/aromatic N) is 4. The highest BCUT2D eigenvalue weighted by Gasteiger charge is 2.19. The Labute approximate surface area is 303 Å². The molecule has 3 aromatic heterocycles. The number of para-hydroxylation sites is 1. The number of furan rings is 1. The molecule has 3 heterocycles. The van der Waals surface area contributed by atoms with Crippen LogP contribution in [0.2, 0.25) is 0 Å². The van der Waals surface area contributed by atoms with Gasteiger partial charge in [-0.05, 0) is 64.7 Å². The van der Waals surface area contributed by atoms with E-state index in [1.807, 2.05) is 36.4 Å². The third kappa shape index (κ3) is 5.43. The van der Waals surface area contributed by atoms with Crippen molar-refractivity contribution >= 4 is 43.5 Å². The van der Waals surface area contributed by atoms with Crippen LogP contribution < -0.4 is 0 Å². The molecule has 10 aromatic rings. The van der Waals surface area contributed by atoms with Crippen LogP contribution >= 0.6 is 11.3 Å². The molecule has 0 saturated heterocycles. The second kappa shape index (κ2) is 12.5. The van der Waals surface area contributed by atoms with Crippen molar-refractivity contribution in [2.75, 3.05) is 0 Å². The van der Waals surface area contributed by atoms with Gasteiger partial charge in [0.25, 0.3) is 0 Å². The topological polar surface area (TPSA) is 64.7 Å². The normalized spacial score (nSPS) is 11.5. The van der Waals surface area contributed by atoms with Crippen molar-refractivity contribution in [3.63, 3.8) is 0 Å². The molecule has 7 aromatic carbocycles. The molecule has 52 heavy (non-hydrogen) atoms. The smallest absolute Gasteiger partial charge is 0.164 e. The molecule has 244 valence electrons. The minimum atomic E-state index is 0.580. The van der Waals surface area contributed by atoms with Crippen LogP contribution in [-0.4, -0.2) is 19.9 Å². The molecule has 0 radical (unpaired) electrons. The Hall–Kier alpha value is -6.76. The molecule has 0 N–H and O–H groups in total. The fourth-order valence-electron chi connectivity index (χ4n) is 6.81. The number of hydrogen-bond donors (Lipinski definition) is 0. The summed E-state index contributed by atoms with van der Waals surface area (Å²) in [6, 6.07) is 58.2. The first-order chi connectivity index (χ1) is 25.7. The number of aromatic nitrogens is 4. The summed E-state index contributed by atoms with van der Waals surface area (Å²) in [5.41, 5.74) is 10.8. The van der Waals surface area contributed by atoms with Crippen LogP contribution in [-0.2, 0) is 0 Å². The molecule has 10 rings (SSSR count). The fraction of sp³-hybridized carbons (Fsp3) is 0. The van der Waals surface area contributed by atoms with E-state index in [4.69, 9.17) is 24.4 Å². The van der Waals surface area contributed by atoms with E-state index in [9.17, 15) is 0 Å². The van der Waals surface area contributed by atoms with Gasteiger partial charge in [-0.1, -0.05) is 127 Å². The first-order valence-electron chi connectivity index (χ1n) is 17.1. The van der Waals surface area contributed by atoms with E-state index in [-0.39, 0.29) is 0 Å². The lowest BCUT2D eigenvalue weighted by atomic mass is 10.0. The molecule has 0 fully saturated rings. The van der Waals surface area contributed by atoms with Crippen molar-refractivity contribution in [3.05, 3.63) is 170 Å². The summed E-state index contributed by atoms with van der Waals surface area (Å²) < 4.78 is 7.59. The van der Waals surface area contributed by atoms with Gasteiger partial charge in [-0.2, -0.15) is 0 Å². The van der Waals surface area contributed by atoms with Gasteiger partial charge < -0.3 is 4.42 Å². The van der Waals surface area contributed by atoms with Crippen LogP contribution in [0, 0.1) is 0 Å². The van der Waals surface area contributed by atoms with Gasteiger partial charge in [0.05, 0.1) is 10.2 Å². The van der Waals surface area contributed by atoms with E-state index in [0.717, 1.165) is 81.7 Å². The van der Waals surface area contributed by atoms with Crippen molar-refractivity contribution in [3.8, 4) is 67.0 Å². The summed E-state index contributed by atoms with van der Waals surface area (Å²) >= 11 is 1.69. The molecular formula is C46H28N4OS. The van der Waals surface area contributed by atoms with E-state index >= 15 is 0 Å². The number of fused-ring (bicyclic) bond motifs is 4. The molecule has 0 spiro atoms. The molecule has 5 nitrogen and oxygen atoms in total. The van der Waals surface area contributed by atoms with Gasteiger partial charge in [0.2, 0.25) is 0 Å². The van der Waals surface area contributed by atoms with E-state index in [1.165, 1.54) is 0 Å². The Bertz CT molecular complexity index is 2860. The molecular weight excluding hydrogens is 657 g/mol. The van der Waals surface area contributed by atoms with Crippen LogP contribution in [0.1, 0.15) is 0 Å². The summed E-state index contributed by atoms with van der Waals surface area (Å²) in [5, 5.41) is 2.92. The standard InChI is InChI=1S/C46H28N4OS/c1-3-11-29(12-4-1)31-21-23-32(24-22-31)43-48-44(34-16-9-15-33(27-34)30-13-5-2-6-14-30)50-45(49-43)36-17-10-19-40-42(36)37-28-35(25-26-39(37)51-40)46-47-38-18-7-8-20-41(38)52-46/h1-28H. The SMILES string of the molecule is c1ccc(-c2ccc(-c3nc(-c4cccc(-c5ccccc5)c4)nc(-c4cccc5oc6ccc(-c7nc8ccccc8s7)cc6c45)n3)cc2)cc1. The van der Waals surface area contributed by atoms with Crippen molar-refractivity contribution in [1.29, 1.82) is 0 Å². The maximum Gasteiger partial charge on any atom is 0.164 e. The van der Waals surface area contributed by atoms with Gasteiger partial charge in [0.1, 0.15) is 16.2 Å². The Balaban J connectivity index is 1.15. The van der Waals surface area contributed by atoms with Gasteiger partial charge in [-0.25, -0.2) is 19.9 Å². The van der Waals surface area contributed by atoms with Crippen molar-refractivity contribution in [2.24, 2.45) is 0 Å². The van der Waals surface area contributed by atoms with Crippen LogP contribution in [0.3, 0.4) is 0 Å². The third-order valence-electron chi connectivity index (χ3n) is 9.39. The number of rotatable bonds is 6. The summed E-state index contributed by atoms with van der Waals surface area (Å²) in [6.45, 7) is 0. The van der Waals surface area contributed by atoms with Crippen LogP contribution in [0.5, 0.6) is 0 Å². The molecule has 0 aliphatic heterocycles. The van der Waals surface area contributed by atoms with E-state index in [0.29, 0.717) is 17.5 Å². The van der Waals surface area contributed by atoms with Crippen LogP contribution in [0.25, 0.3) is 99.1 Å². The molecule has 0 unspecified atom stereocenters. The average Bonchev–Trinajstić information content (AvgIpc) is 3.83. The quantitative estimate of drug-likeness (QED) is 0.174. The fourth-order valence-corrected chi connectivity index (χ4v) is 7.77. The summed E-state index contributed by atoms with van der Waals surface area (Å²) in [4.78, 5) is 20.3. The number of hydrogen-bond acceptors (Lipinski definition) is 6. The lowest BCUT2D eigenvalue weighted by Gasteiger charge is -2.11. The summed E-state index contributed by atoms with van der Waals surface area (Å²) in [7, 11) is 0. The first kappa shape index (κ1) is 30.1. The first-order valence-corrected chi connectivity index (χ1v) is 17.9. The number of thiazole rings is 1. The Kier molecular flexibility index (Phi) is 7.25. The molecule has 0 aliphatic rings. The van der Waals surface area contributed by atoms with Gasteiger partial charge >= 0.3 is 0 Å². The minimum absolute atomic E-state index is 0.580. The maximum absolute atomic E-state index is 6.43. The lowest BCUT2D eigenvalue weighted by molar-refractivity contribution is 0.669. The second-order valence-electron chi connectivity index (χ2n) is 12.7. The molecule has 0 saturated carbocycles. The predicted octanol–water partition coefficient (Wildman–Crippen LogP) is 12.4. The minimum Gasteiger partial charge on any atom is -0.456 e. The monoisotopic (exact) mass is 684 g/mol. The van der Waals surface area contributed by atoms with Crippen molar-refractivity contribution < 1.29 is 4.42 Å². The largest absolute Gasteiger partial charge is 0.456 e. The molecule has 6 heteroatoms. The highest BCUT2D eigenvalue weighted by molar-refractivity contribution is 7.21. The van der Waals surface area contributed by atoms with Gasteiger partial charge in [0.15, 0.2) is 17.5 Å². The summed E-state index contributed by atoms with van der Waals surface area (Å²) in [5.74, 6) is 1.78. The molecule has 0 amide bonds. The Morgan fingerprint density at radius 1 is 0.385 bits per heavy atom. The molecule has 0 aliphatic carbocycles. The number of benzene rings is 7. The molecule has 0 bridgehead atoms. The zero-order valence-corrected chi connectivity index (χ0v) is 28.6. The second-order valence-corrected chi connectivity index (χ2v) is 13.7. The predicted molar refractivity (Wildman–Crippen MR) is 213 cm³/mol. The van der Waals surface area contributed by atoms with Crippen molar-refractivity contribution in [2.45, 2.75) is 0 Å². The van der Waals surface area contributed by atoms with Crippen LogP contribution in [0.4, 0.5) is 0 Å². The maximum atomic E-state index is 6.43. The highest BCUT2D eigenvalue weighted by Crippen LogP contribution is 2.40. The highest BCUT2D eigenvalue weighted by atomic mass is 32.1. The van der Waals surface area contributed by atoms with Gasteiger partial charge in [-0.15, -0.1) is 11.3 Å². The Morgan fingerprint density at radius 3 is 1.77 bits per heavy atom. The van der Waals surface area contributed by atoms with Crippen LogP contribution in [0.15, 0.2) is 174 Å². The van der Waals surface area contributed by atoms with E-state index in [1.54, 1.807) is 11.3 Å². The van der Waals surface area contributed by atoms with Crippen molar-refractivity contribution in [1.82, 2.24) is 19.9 Å². The van der Waals surface area contributed by atoms with Gasteiger partial charge in [-0.3, -0.25) is 0 Å². The zero-order chi connectivity index (χ0) is 34.4. The van der Waals surface area contributed by atoms with E-state index in [2.05, 4.69) is 133 Å². The van der Waals surface area contributed by atoms with Gasteiger partial charge in [0, 0.05) is 33.0 Å². The summed E-state index contributed by atoms with van der Waals surface area (Å²) in [6.07, 6.45) is 0.